The maximum Gasteiger partial charge on any atom is 0.224 e. The van der Waals surface area contributed by atoms with Gasteiger partial charge < -0.3 is 11.1 Å². The number of benzene rings is 1. The number of nitrogens with two attached hydrogens (primary N) is 1. The largest absolute Gasteiger partial charge is 0.353 e. The van der Waals surface area contributed by atoms with Crippen LogP contribution in [0, 0.1) is 11.6 Å². The molecule has 18 heavy (non-hydrogen) atoms. The monoisotopic (exact) mass is 256 g/mol. The molecule has 3 nitrogen and oxygen atoms in total. The summed E-state index contributed by atoms with van der Waals surface area (Å²) in [5, 5.41) is 2.70. The van der Waals surface area contributed by atoms with Crippen LogP contribution in [0.3, 0.4) is 0 Å². The van der Waals surface area contributed by atoms with Crippen LogP contribution in [0.1, 0.15) is 25.8 Å². The van der Waals surface area contributed by atoms with Crippen LogP contribution in [0.25, 0.3) is 0 Å². The molecule has 1 amide bonds. The summed E-state index contributed by atoms with van der Waals surface area (Å²) >= 11 is 0. The first-order valence-electron chi connectivity index (χ1n) is 5.88. The van der Waals surface area contributed by atoms with Crippen molar-refractivity contribution in [1.82, 2.24) is 5.32 Å². The summed E-state index contributed by atoms with van der Waals surface area (Å²) < 4.78 is 26.3. The van der Waals surface area contributed by atoms with E-state index in [2.05, 4.69) is 5.32 Å². The molecule has 0 aliphatic heterocycles. The van der Waals surface area contributed by atoms with E-state index in [1.807, 2.05) is 13.8 Å². The van der Waals surface area contributed by atoms with Crippen LogP contribution in [0.5, 0.6) is 0 Å². The van der Waals surface area contributed by atoms with Gasteiger partial charge in [-0.2, -0.15) is 0 Å². The highest BCUT2D eigenvalue weighted by molar-refractivity contribution is 5.78. The van der Waals surface area contributed by atoms with Gasteiger partial charge in [0.2, 0.25) is 5.91 Å². The van der Waals surface area contributed by atoms with Gasteiger partial charge in [-0.15, -0.1) is 0 Å². The Morgan fingerprint density at radius 2 is 2.06 bits per heavy atom. The van der Waals surface area contributed by atoms with Crippen molar-refractivity contribution in [3.63, 3.8) is 0 Å². The molecule has 5 heteroatoms. The van der Waals surface area contributed by atoms with Crippen molar-refractivity contribution in [3.05, 3.63) is 35.4 Å². The lowest BCUT2D eigenvalue weighted by molar-refractivity contribution is -0.121. The average molecular weight is 256 g/mol. The number of nitrogens with one attached hydrogen (secondary N) is 1. The molecule has 1 aromatic carbocycles. The van der Waals surface area contributed by atoms with Crippen LogP contribution < -0.4 is 11.1 Å². The minimum atomic E-state index is -0.965. The number of hydrogen-bond acceptors (Lipinski definition) is 2. The number of rotatable bonds is 5. The van der Waals surface area contributed by atoms with E-state index in [-0.39, 0.29) is 30.0 Å². The molecule has 0 spiro atoms. The maximum absolute atomic E-state index is 13.3. The van der Waals surface area contributed by atoms with E-state index in [0.717, 1.165) is 6.07 Å². The first kappa shape index (κ1) is 14.6. The second-order valence-electron chi connectivity index (χ2n) is 4.57. The summed E-state index contributed by atoms with van der Waals surface area (Å²) in [7, 11) is 0. The van der Waals surface area contributed by atoms with Crippen LogP contribution in [0.15, 0.2) is 18.2 Å². The van der Waals surface area contributed by atoms with Crippen LogP contribution in [0.2, 0.25) is 0 Å². The lowest BCUT2D eigenvalue weighted by atomic mass is 10.1. The zero-order valence-electron chi connectivity index (χ0n) is 10.5. The van der Waals surface area contributed by atoms with Crippen LogP contribution in [-0.4, -0.2) is 18.0 Å². The maximum atomic E-state index is 13.3. The molecule has 1 aromatic rings. The number of halogens is 2. The topological polar surface area (TPSA) is 55.1 Å². The van der Waals surface area contributed by atoms with E-state index in [1.165, 1.54) is 12.1 Å². The van der Waals surface area contributed by atoms with Gasteiger partial charge in [0.25, 0.3) is 0 Å². The minimum absolute atomic E-state index is 0.0220. The lowest BCUT2D eigenvalue weighted by Crippen LogP contribution is -2.37. The third-order valence-electron chi connectivity index (χ3n) is 2.52. The Kier molecular flexibility index (Phi) is 5.22. The van der Waals surface area contributed by atoms with Crippen LogP contribution in [0.4, 0.5) is 8.78 Å². The summed E-state index contributed by atoms with van der Waals surface area (Å²) in [4.78, 5) is 11.6. The Bertz CT molecular complexity index is 421. The van der Waals surface area contributed by atoms with Gasteiger partial charge in [0.15, 0.2) is 11.6 Å². The molecule has 0 bridgehead atoms. The molecule has 0 saturated carbocycles. The van der Waals surface area contributed by atoms with Crippen molar-refractivity contribution in [2.75, 3.05) is 0 Å². The fourth-order valence-electron chi connectivity index (χ4n) is 1.80. The molecule has 1 rings (SSSR count). The Morgan fingerprint density at radius 3 is 2.67 bits per heavy atom. The summed E-state index contributed by atoms with van der Waals surface area (Å²) in [5.74, 6) is -2.25. The molecule has 0 aliphatic carbocycles. The Labute approximate surface area is 105 Å². The van der Waals surface area contributed by atoms with Gasteiger partial charge in [-0.05, 0) is 26.3 Å². The van der Waals surface area contributed by atoms with Crippen molar-refractivity contribution in [1.29, 1.82) is 0 Å². The molecule has 0 aromatic heterocycles. The van der Waals surface area contributed by atoms with Crippen LogP contribution in [-0.2, 0) is 11.2 Å². The van der Waals surface area contributed by atoms with Crippen molar-refractivity contribution in [3.8, 4) is 0 Å². The molecular formula is C13H18F2N2O. The normalized spacial score (nSPS) is 14.1. The fourth-order valence-corrected chi connectivity index (χ4v) is 1.80. The number of carbonyl (C=O) groups excluding carboxylic acids is 1. The van der Waals surface area contributed by atoms with Crippen molar-refractivity contribution >= 4 is 5.91 Å². The number of hydrogen-bond donors (Lipinski definition) is 2. The smallest absolute Gasteiger partial charge is 0.224 e. The predicted molar refractivity (Wildman–Crippen MR) is 65.9 cm³/mol. The zero-order valence-corrected chi connectivity index (χ0v) is 10.5. The van der Waals surface area contributed by atoms with Crippen molar-refractivity contribution in [2.24, 2.45) is 5.73 Å². The van der Waals surface area contributed by atoms with Gasteiger partial charge >= 0.3 is 0 Å². The standard InChI is InChI=1S/C13H18F2N2O/c1-8(16)6-9(2)17-12(18)7-10-4-3-5-11(14)13(10)15/h3-5,8-9H,6-7,16H2,1-2H3,(H,17,18). The molecule has 2 atom stereocenters. The molecule has 0 aliphatic rings. The minimum Gasteiger partial charge on any atom is -0.353 e. The lowest BCUT2D eigenvalue weighted by Gasteiger charge is -2.16. The highest BCUT2D eigenvalue weighted by atomic mass is 19.2. The van der Waals surface area contributed by atoms with Gasteiger partial charge in [-0.3, -0.25) is 4.79 Å². The van der Waals surface area contributed by atoms with Crippen LogP contribution >= 0.6 is 0 Å². The first-order chi connectivity index (χ1) is 8.40. The fraction of sp³-hybridized carbons (Fsp3) is 0.462. The second-order valence-corrected chi connectivity index (χ2v) is 4.57. The van der Waals surface area contributed by atoms with Crippen molar-refractivity contribution in [2.45, 2.75) is 38.8 Å². The van der Waals surface area contributed by atoms with Gasteiger partial charge in [0, 0.05) is 17.6 Å². The average Bonchev–Trinajstić information content (AvgIpc) is 2.23. The Balaban J connectivity index is 2.57. The molecule has 100 valence electrons. The molecular weight excluding hydrogens is 238 g/mol. The van der Waals surface area contributed by atoms with Crippen molar-refractivity contribution < 1.29 is 13.6 Å². The van der Waals surface area contributed by atoms with E-state index < -0.39 is 11.6 Å². The van der Waals surface area contributed by atoms with Gasteiger partial charge in [0.05, 0.1) is 6.42 Å². The van der Waals surface area contributed by atoms with E-state index in [0.29, 0.717) is 6.42 Å². The number of carbonyl (C=O) groups is 1. The predicted octanol–water partition coefficient (Wildman–Crippen LogP) is 1.75. The van der Waals surface area contributed by atoms with Gasteiger partial charge in [0.1, 0.15) is 0 Å². The summed E-state index contributed by atoms with van der Waals surface area (Å²) in [5.41, 5.74) is 5.66. The SMILES string of the molecule is CC(N)CC(C)NC(=O)Cc1cccc(F)c1F. The first-order valence-corrected chi connectivity index (χ1v) is 5.88. The van der Waals surface area contributed by atoms with Gasteiger partial charge in [-0.1, -0.05) is 12.1 Å². The van der Waals surface area contributed by atoms with E-state index in [9.17, 15) is 13.6 Å². The second kappa shape index (κ2) is 6.44. The third-order valence-corrected chi connectivity index (χ3v) is 2.52. The quantitative estimate of drug-likeness (QED) is 0.843. The molecule has 0 heterocycles. The third kappa shape index (κ3) is 4.41. The van der Waals surface area contributed by atoms with E-state index in [4.69, 9.17) is 5.73 Å². The molecule has 3 N–H and O–H groups in total. The Morgan fingerprint density at radius 1 is 1.39 bits per heavy atom. The zero-order chi connectivity index (χ0) is 13.7. The molecule has 0 fully saturated rings. The molecule has 0 saturated heterocycles. The highest BCUT2D eigenvalue weighted by Gasteiger charge is 2.13. The van der Waals surface area contributed by atoms with E-state index in [1.54, 1.807) is 0 Å². The van der Waals surface area contributed by atoms with E-state index >= 15 is 0 Å². The summed E-state index contributed by atoms with van der Waals surface area (Å²) in [6.07, 6.45) is 0.463. The molecule has 0 radical (unpaired) electrons. The highest BCUT2D eigenvalue weighted by Crippen LogP contribution is 2.12. The molecule has 2 unspecified atom stereocenters. The Hall–Kier alpha value is -1.49. The van der Waals surface area contributed by atoms with Gasteiger partial charge in [-0.25, -0.2) is 8.78 Å². The summed E-state index contributed by atoms with van der Waals surface area (Å²) in [6.45, 7) is 3.66. The summed E-state index contributed by atoms with van der Waals surface area (Å²) in [6, 6.07) is 3.69. The number of amides is 1.